The summed E-state index contributed by atoms with van der Waals surface area (Å²) in [6.07, 6.45) is 2.00. The number of hydrogen-bond acceptors (Lipinski definition) is 3. The number of halogens is 1. The van der Waals surface area contributed by atoms with Crippen molar-refractivity contribution in [2.24, 2.45) is 0 Å². The SMILES string of the molecule is CSc1ccc(NC(=O)c2sc3cccc(F)c3c2C)cc1. The molecular weight excluding hydrogens is 317 g/mol. The molecular formula is C17H14FNOS2. The number of rotatable bonds is 3. The Kier molecular flexibility index (Phi) is 4.18. The fourth-order valence-electron chi connectivity index (χ4n) is 2.33. The van der Waals surface area contributed by atoms with E-state index >= 15 is 0 Å². The molecule has 0 atom stereocenters. The summed E-state index contributed by atoms with van der Waals surface area (Å²) in [5.41, 5.74) is 1.43. The maximum atomic E-state index is 13.9. The molecule has 2 aromatic carbocycles. The first kappa shape index (κ1) is 15.1. The molecule has 22 heavy (non-hydrogen) atoms. The second-order valence-electron chi connectivity index (χ2n) is 4.85. The number of anilines is 1. The highest BCUT2D eigenvalue weighted by molar-refractivity contribution is 7.98. The van der Waals surface area contributed by atoms with E-state index in [2.05, 4.69) is 5.32 Å². The Morgan fingerprint density at radius 1 is 1.18 bits per heavy atom. The Balaban J connectivity index is 1.91. The largest absolute Gasteiger partial charge is 0.321 e. The van der Waals surface area contributed by atoms with E-state index < -0.39 is 0 Å². The van der Waals surface area contributed by atoms with Crippen molar-refractivity contribution in [2.75, 3.05) is 11.6 Å². The summed E-state index contributed by atoms with van der Waals surface area (Å²) in [5, 5.41) is 3.41. The van der Waals surface area contributed by atoms with E-state index in [9.17, 15) is 9.18 Å². The van der Waals surface area contributed by atoms with Crippen LogP contribution < -0.4 is 5.32 Å². The minimum atomic E-state index is -0.283. The smallest absolute Gasteiger partial charge is 0.266 e. The van der Waals surface area contributed by atoms with Crippen molar-refractivity contribution in [3.8, 4) is 0 Å². The van der Waals surface area contributed by atoms with Crippen LogP contribution >= 0.6 is 23.1 Å². The quantitative estimate of drug-likeness (QED) is 0.658. The standard InChI is InChI=1S/C17H14FNOS2/c1-10-15-13(18)4-3-5-14(15)22-16(10)17(20)19-11-6-8-12(21-2)9-7-11/h3-9H,1-2H3,(H,19,20). The first-order valence-electron chi connectivity index (χ1n) is 6.73. The number of nitrogens with one attached hydrogen (secondary N) is 1. The molecule has 0 aliphatic rings. The van der Waals surface area contributed by atoms with Crippen LogP contribution in [-0.2, 0) is 0 Å². The van der Waals surface area contributed by atoms with Gasteiger partial charge in [0.15, 0.2) is 0 Å². The highest BCUT2D eigenvalue weighted by Crippen LogP contribution is 2.33. The lowest BCUT2D eigenvalue weighted by molar-refractivity contribution is 0.103. The molecule has 0 radical (unpaired) electrons. The van der Waals surface area contributed by atoms with Gasteiger partial charge in [0.05, 0.1) is 4.88 Å². The van der Waals surface area contributed by atoms with Gasteiger partial charge in [-0.25, -0.2) is 4.39 Å². The summed E-state index contributed by atoms with van der Waals surface area (Å²) in [5.74, 6) is -0.482. The Morgan fingerprint density at radius 3 is 2.55 bits per heavy atom. The number of amides is 1. The molecule has 0 aliphatic heterocycles. The first-order valence-corrected chi connectivity index (χ1v) is 8.77. The van der Waals surface area contributed by atoms with E-state index in [1.54, 1.807) is 24.8 Å². The molecule has 1 aromatic heterocycles. The van der Waals surface area contributed by atoms with Gasteiger partial charge in [0.1, 0.15) is 5.82 Å². The van der Waals surface area contributed by atoms with Gasteiger partial charge in [0.2, 0.25) is 0 Å². The van der Waals surface area contributed by atoms with Gasteiger partial charge in [0, 0.05) is 20.7 Å². The predicted octanol–water partition coefficient (Wildman–Crippen LogP) is 5.32. The molecule has 0 spiro atoms. The van der Waals surface area contributed by atoms with Crippen LogP contribution in [0.25, 0.3) is 10.1 Å². The number of hydrogen-bond donors (Lipinski definition) is 1. The van der Waals surface area contributed by atoms with Crippen molar-refractivity contribution >= 4 is 44.8 Å². The summed E-state index contributed by atoms with van der Waals surface area (Å²) in [4.78, 5) is 14.1. The maximum absolute atomic E-state index is 13.9. The zero-order chi connectivity index (χ0) is 15.7. The number of benzene rings is 2. The normalized spacial score (nSPS) is 10.9. The number of thiophene rings is 1. The molecule has 3 aromatic rings. The fraction of sp³-hybridized carbons (Fsp3) is 0.118. The van der Waals surface area contributed by atoms with Crippen molar-refractivity contribution in [3.05, 3.63) is 58.7 Å². The third kappa shape index (κ3) is 2.74. The zero-order valence-electron chi connectivity index (χ0n) is 12.1. The average Bonchev–Trinajstić information content (AvgIpc) is 2.86. The minimum absolute atomic E-state index is 0.199. The molecule has 1 N–H and O–H groups in total. The summed E-state index contributed by atoms with van der Waals surface area (Å²) < 4.78 is 14.7. The second-order valence-corrected chi connectivity index (χ2v) is 6.78. The van der Waals surface area contributed by atoms with Crippen LogP contribution in [0.3, 0.4) is 0 Å². The molecule has 0 saturated heterocycles. The summed E-state index contributed by atoms with van der Waals surface area (Å²) >= 11 is 2.96. The van der Waals surface area contributed by atoms with E-state index in [1.807, 2.05) is 36.6 Å². The van der Waals surface area contributed by atoms with Gasteiger partial charge >= 0.3 is 0 Å². The predicted molar refractivity (Wildman–Crippen MR) is 92.7 cm³/mol. The van der Waals surface area contributed by atoms with Gasteiger partial charge in [-0.2, -0.15) is 0 Å². The fourth-order valence-corrected chi connectivity index (χ4v) is 3.86. The number of carbonyl (C=O) groups is 1. The Morgan fingerprint density at radius 2 is 1.91 bits per heavy atom. The summed E-state index contributed by atoms with van der Waals surface area (Å²) in [7, 11) is 0. The van der Waals surface area contributed by atoms with E-state index in [-0.39, 0.29) is 11.7 Å². The van der Waals surface area contributed by atoms with E-state index in [1.165, 1.54) is 17.4 Å². The number of thioether (sulfide) groups is 1. The molecule has 2 nitrogen and oxygen atoms in total. The Bertz CT molecular complexity index is 840. The van der Waals surface area contributed by atoms with Crippen molar-refractivity contribution in [3.63, 3.8) is 0 Å². The molecule has 0 aliphatic carbocycles. The Hall–Kier alpha value is -1.85. The van der Waals surface area contributed by atoms with Crippen LogP contribution in [0, 0.1) is 12.7 Å². The van der Waals surface area contributed by atoms with E-state index in [0.29, 0.717) is 15.8 Å². The van der Waals surface area contributed by atoms with Gasteiger partial charge in [0.25, 0.3) is 5.91 Å². The van der Waals surface area contributed by atoms with Crippen LogP contribution in [0.1, 0.15) is 15.2 Å². The van der Waals surface area contributed by atoms with Gasteiger partial charge < -0.3 is 5.32 Å². The zero-order valence-corrected chi connectivity index (χ0v) is 13.8. The molecule has 5 heteroatoms. The molecule has 0 fully saturated rings. The van der Waals surface area contributed by atoms with Crippen LogP contribution in [0.15, 0.2) is 47.4 Å². The van der Waals surface area contributed by atoms with Crippen molar-refractivity contribution in [2.45, 2.75) is 11.8 Å². The summed E-state index contributed by atoms with van der Waals surface area (Å²) in [6, 6.07) is 12.6. The first-order chi connectivity index (χ1) is 10.6. The molecule has 0 unspecified atom stereocenters. The van der Waals surface area contributed by atoms with Crippen LogP contribution in [0.5, 0.6) is 0 Å². The number of carbonyl (C=O) groups excluding carboxylic acids is 1. The van der Waals surface area contributed by atoms with Crippen LogP contribution in [0.4, 0.5) is 10.1 Å². The van der Waals surface area contributed by atoms with Gasteiger partial charge in [-0.3, -0.25) is 4.79 Å². The molecule has 0 bridgehead atoms. The summed E-state index contributed by atoms with van der Waals surface area (Å²) in [6.45, 7) is 1.79. The van der Waals surface area contributed by atoms with Gasteiger partial charge in [-0.05, 0) is 55.1 Å². The number of fused-ring (bicyclic) bond motifs is 1. The number of aryl methyl sites for hydroxylation is 1. The second kappa shape index (κ2) is 6.10. The molecule has 0 saturated carbocycles. The minimum Gasteiger partial charge on any atom is -0.321 e. The van der Waals surface area contributed by atoms with Crippen LogP contribution in [0.2, 0.25) is 0 Å². The molecule has 1 amide bonds. The topological polar surface area (TPSA) is 29.1 Å². The van der Waals surface area contributed by atoms with Crippen molar-refractivity contribution < 1.29 is 9.18 Å². The third-order valence-corrected chi connectivity index (χ3v) is 5.46. The average molecular weight is 331 g/mol. The van der Waals surface area contributed by atoms with Gasteiger partial charge in [-0.15, -0.1) is 23.1 Å². The lowest BCUT2D eigenvalue weighted by Crippen LogP contribution is -2.11. The van der Waals surface area contributed by atoms with Crippen molar-refractivity contribution in [1.82, 2.24) is 0 Å². The van der Waals surface area contributed by atoms with Crippen molar-refractivity contribution in [1.29, 1.82) is 0 Å². The van der Waals surface area contributed by atoms with Gasteiger partial charge in [-0.1, -0.05) is 6.07 Å². The third-order valence-electron chi connectivity index (χ3n) is 3.46. The van der Waals surface area contributed by atoms with E-state index in [0.717, 1.165) is 15.3 Å². The monoisotopic (exact) mass is 331 g/mol. The highest BCUT2D eigenvalue weighted by atomic mass is 32.2. The molecule has 3 rings (SSSR count). The lowest BCUT2D eigenvalue weighted by Gasteiger charge is -2.05. The molecule has 112 valence electrons. The van der Waals surface area contributed by atoms with Crippen LogP contribution in [-0.4, -0.2) is 12.2 Å². The maximum Gasteiger partial charge on any atom is 0.266 e. The lowest BCUT2D eigenvalue weighted by atomic mass is 10.1. The molecule has 1 heterocycles. The Labute approximate surface area is 136 Å². The highest BCUT2D eigenvalue weighted by Gasteiger charge is 2.17. The van der Waals surface area contributed by atoms with E-state index in [4.69, 9.17) is 0 Å².